The van der Waals surface area contributed by atoms with Crippen molar-refractivity contribution >= 4 is 40.5 Å². The van der Waals surface area contributed by atoms with Gasteiger partial charge in [0.1, 0.15) is 0 Å². The highest BCUT2D eigenvalue weighted by Gasteiger charge is 2.25. The maximum Gasteiger partial charge on any atom is 0.182 e. The molecule has 2 unspecified atom stereocenters. The number of ketones is 1. The second-order valence-electron chi connectivity index (χ2n) is 3.74. The van der Waals surface area contributed by atoms with Crippen molar-refractivity contribution in [2.75, 3.05) is 12.4 Å². The lowest BCUT2D eigenvalue weighted by Crippen LogP contribution is -2.15. The molecule has 2 heterocycles. The summed E-state index contributed by atoms with van der Waals surface area (Å²) in [6, 6.07) is 3.57. The zero-order valence-corrected chi connectivity index (χ0v) is 11.3. The first-order valence-electron chi connectivity index (χ1n) is 5.18. The van der Waals surface area contributed by atoms with Crippen LogP contribution in [0.2, 0.25) is 4.34 Å². The Labute approximate surface area is 108 Å². The Hall–Kier alpha value is -0.0300. The minimum Gasteiger partial charge on any atom is -0.377 e. The van der Waals surface area contributed by atoms with Crippen molar-refractivity contribution < 1.29 is 9.53 Å². The highest BCUT2D eigenvalue weighted by Crippen LogP contribution is 2.28. The van der Waals surface area contributed by atoms with Gasteiger partial charge >= 0.3 is 0 Å². The first kappa shape index (κ1) is 12.4. The van der Waals surface area contributed by atoms with Gasteiger partial charge in [-0.25, -0.2) is 0 Å². The second-order valence-corrected chi connectivity index (χ2v) is 6.68. The Morgan fingerprint density at radius 2 is 2.50 bits per heavy atom. The third-order valence-electron chi connectivity index (χ3n) is 2.58. The Morgan fingerprint density at radius 1 is 1.69 bits per heavy atom. The van der Waals surface area contributed by atoms with Crippen LogP contribution in [0, 0.1) is 0 Å². The number of halogens is 1. The topological polar surface area (TPSA) is 26.3 Å². The van der Waals surface area contributed by atoms with Crippen molar-refractivity contribution in [2.45, 2.75) is 24.7 Å². The minimum atomic E-state index is 0.168. The molecule has 0 amide bonds. The molecular weight excluding hydrogens is 264 g/mol. The zero-order valence-electron chi connectivity index (χ0n) is 8.94. The number of carbonyl (C=O) groups excluding carboxylic acids is 1. The number of thiophene rings is 1. The highest BCUT2D eigenvalue weighted by atomic mass is 35.5. The number of carbonyl (C=O) groups is 1. The molecule has 1 aliphatic rings. The van der Waals surface area contributed by atoms with E-state index in [1.54, 1.807) is 23.9 Å². The van der Waals surface area contributed by atoms with E-state index in [1.807, 2.05) is 0 Å². The molecule has 0 aliphatic carbocycles. The number of hydrogen-bond donors (Lipinski definition) is 0. The SMILES string of the molecule is CC1OCCC1SCC(=O)c1ccc(Cl)s1. The van der Waals surface area contributed by atoms with E-state index in [-0.39, 0.29) is 11.9 Å². The fourth-order valence-electron chi connectivity index (χ4n) is 1.65. The van der Waals surface area contributed by atoms with Crippen LogP contribution < -0.4 is 0 Å². The van der Waals surface area contributed by atoms with Gasteiger partial charge in [0.15, 0.2) is 5.78 Å². The molecule has 0 aromatic carbocycles. The fraction of sp³-hybridized carbons (Fsp3) is 0.545. The van der Waals surface area contributed by atoms with Gasteiger partial charge in [-0.05, 0) is 25.5 Å². The van der Waals surface area contributed by atoms with Crippen LogP contribution >= 0.6 is 34.7 Å². The minimum absolute atomic E-state index is 0.168. The molecule has 0 radical (unpaired) electrons. The van der Waals surface area contributed by atoms with Crippen LogP contribution in [0.5, 0.6) is 0 Å². The van der Waals surface area contributed by atoms with Gasteiger partial charge in [-0.2, -0.15) is 0 Å². The normalized spacial score (nSPS) is 24.9. The number of rotatable bonds is 4. The zero-order chi connectivity index (χ0) is 11.5. The van der Waals surface area contributed by atoms with Gasteiger partial charge in [-0.3, -0.25) is 4.79 Å². The van der Waals surface area contributed by atoms with Gasteiger partial charge in [0.2, 0.25) is 0 Å². The molecular formula is C11H13ClO2S2. The van der Waals surface area contributed by atoms with Gasteiger partial charge in [0.25, 0.3) is 0 Å². The molecule has 1 aliphatic heterocycles. The molecule has 1 aromatic heterocycles. The summed E-state index contributed by atoms with van der Waals surface area (Å²) in [6.45, 7) is 2.88. The molecule has 0 spiro atoms. The monoisotopic (exact) mass is 276 g/mol. The highest BCUT2D eigenvalue weighted by molar-refractivity contribution is 8.00. The molecule has 16 heavy (non-hydrogen) atoms. The van der Waals surface area contributed by atoms with Crippen LogP contribution in [0.15, 0.2) is 12.1 Å². The molecule has 0 N–H and O–H groups in total. The van der Waals surface area contributed by atoms with E-state index in [0.29, 0.717) is 15.3 Å². The molecule has 1 fully saturated rings. The number of thioether (sulfide) groups is 1. The third-order valence-corrected chi connectivity index (χ3v) is 5.33. The van der Waals surface area contributed by atoms with Crippen LogP contribution in [0.25, 0.3) is 0 Å². The van der Waals surface area contributed by atoms with Crippen molar-refractivity contribution in [1.82, 2.24) is 0 Å². The summed E-state index contributed by atoms with van der Waals surface area (Å²) in [6.07, 6.45) is 1.31. The summed E-state index contributed by atoms with van der Waals surface area (Å²) >= 11 is 8.84. The number of hydrogen-bond acceptors (Lipinski definition) is 4. The van der Waals surface area contributed by atoms with E-state index in [1.165, 1.54) is 11.3 Å². The summed E-state index contributed by atoms with van der Waals surface area (Å²) in [4.78, 5) is 12.6. The average molecular weight is 277 g/mol. The molecule has 0 saturated carbocycles. The largest absolute Gasteiger partial charge is 0.377 e. The van der Waals surface area contributed by atoms with Gasteiger partial charge in [-0.1, -0.05) is 11.6 Å². The van der Waals surface area contributed by atoms with Gasteiger partial charge in [-0.15, -0.1) is 23.1 Å². The van der Waals surface area contributed by atoms with Gasteiger partial charge in [0.05, 0.1) is 21.1 Å². The Bertz CT molecular complexity index is 378. The van der Waals surface area contributed by atoms with E-state index in [0.717, 1.165) is 17.9 Å². The van der Waals surface area contributed by atoms with Crippen molar-refractivity contribution in [3.05, 3.63) is 21.3 Å². The smallest absolute Gasteiger partial charge is 0.182 e. The van der Waals surface area contributed by atoms with Crippen LogP contribution in [0.1, 0.15) is 23.0 Å². The molecule has 0 bridgehead atoms. The summed E-state index contributed by atoms with van der Waals surface area (Å²) in [7, 11) is 0. The molecule has 1 aromatic rings. The van der Waals surface area contributed by atoms with Crippen LogP contribution in [0.3, 0.4) is 0 Å². The van der Waals surface area contributed by atoms with Gasteiger partial charge < -0.3 is 4.74 Å². The lowest BCUT2D eigenvalue weighted by atomic mass is 10.3. The van der Waals surface area contributed by atoms with Crippen LogP contribution in [-0.2, 0) is 4.74 Å². The van der Waals surface area contributed by atoms with E-state index < -0.39 is 0 Å². The molecule has 2 atom stereocenters. The van der Waals surface area contributed by atoms with E-state index >= 15 is 0 Å². The molecule has 5 heteroatoms. The fourth-order valence-corrected chi connectivity index (χ4v) is 3.85. The summed E-state index contributed by atoms with van der Waals surface area (Å²) in [5.41, 5.74) is 0. The predicted molar refractivity (Wildman–Crippen MR) is 69.9 cm³/mol. The maximum atomic E-state index is 11.8. The van der Waals surface area contributed by atoms with Crippen molar-refractivity contribution in [3.8, 4) is 0 Å². The van der Waals surface area contributed by atoms with Crippen molar-refractivity contribution in [2.24, 2.45) is 0 Å². The summed E-state index contributed by atoms with van der Waals surface area (Å²) in [5.74, 6) is 0.691. The van der Waals surface area contributed by atoms with E-state index in [2.05, 4.69) is 6.92 Å². The molecule has 2 nitrogen and oxygen atoms in total. The van der Waals surface area contributed by atoms with Crippen molar-refractivity contribution in [3.63, 3.8) is 0 Å². The maximum absolute atomic E-state index is 11.8. The average Bonchev–Trinajstić information content (AvgIpc) is 2.84. The molecule has 1 saturated heterocycles. The van der Waals surface area contributed by atoms with Crippen LogP contribution in [0.4, 0.5) is 0 Å². The quantitative estimate of drug-likeness (QED) is 0.788. The standard InChI is InChI=1S/C11H13ClO2S2/c1-7-9(4-5-14-7)15-6-8(13)10-2-3-11(12)16-10/h2-3,7,9H,4-6H2,1H3. The number of Topliss-reactive ketones (excluding diaryl/α,β-unsaturated/α-hetero) is 1. The lowest BCUT2D eigenvalue weighted by molar-refractivity contribution is 0.102. The third kappa shape index (κ3) is 3.00. The van der Waals surface area contributed by atoms with Crippen molar-refractivity contribution in [1.29, 1.82) is 0 Å². The summed E-state index contributed by atoms with van der Waals surface area (Å²) in [5, 5.41) is 0.458. The first-order chi connectivity index (χ1) is 7.66. The van der Waals surface area contributed by atoms with E-state index in [4.69, 9.17) is 16.3 Å². The Balaban J connectivity index is 1.84. The Kier molecular flexibility index (Phi) is 4.30. The molecule has 2 rings (SSSR count). The lowest BCUT2D eigenvalue weighted by Gasteiger charge is -2.12. The Morgan fingerprint density at radius 3 is 3.06 bits per heavy atom. The van der Waals surface area contributed by atoms with Crippen LogP contribution in [-0.4, -0.2) is 29.5 Å². The first-order valence-corrected chi connectivity index (χ1v) is 7.43. The van der Waals surface area contributed by atoms with E-state index in [9.17, 15) is 4.79 Å². The molecule has 88 valence electrons. The van der Waals surface area contributed by atoms with Gasteiger partial charge in [0, 0.05) is 11.9 Å². The summed E-state index contributed by atoms with van der Waals surface area (Å²) < 4.78 is 6.13. The second kappa shape index (κ2) is 5.54. The predicted octanol–water partition coefficient (Wildman–Crippen LogP) is 3.49. The number of ether oxygens (including phenoxy) is 1.